The molecule has 0 aliphatic carbocycles. The molecule has 0 saturated heterocycles. The Morgan fingerprint density at radius 2 is 0.493 bits per heavy atom. The summed E-state index contributed by atoms with van der Waals surface area (Å²) in [6.45, 7) is 6.64. The second-order valence-corrected chi connectivity index (χ2v) is 20.3. The smallest absolute Gasteiger partial charge is 0.306 e. The highest BCUT2D eigenvalue weighted by Gasteiger charge is 2.19. The van der Waals surface area contributed by atoms with E-state index in [1.807, 2.05) is 0 Å². The Labute approximate surface area is 417 Å². The molecule has 0 aromatic rings. The highest BCUT2D eigenvalue weighted by Crippen LogP contribution is 2.16. The lowest BCUT2D eigenvalue weighted by Crippen LogP contribution is -2.30. The molecule has 0 bridgehead atoms. The van der Waals surface area contributed by atoms with Crippen molar-refractivity contribution in [3.8, 4) is 0 Å². The lowest BCUT2D eigenvalue weighted by atomic mass is 10.1. The number of allylic oxidation sites excluding steroid dienone is 4. The summed E-state index contributed by atoms with van der Waals surface area (Å²) in [5, 5.41) is 0. The maximum absolute atomic E-state index is 12.8. The maximum atomic E-state index is 12.8. The van der Waals surface area contributed by atoms with Gasteiger partial charge in [-0.1, -0.05) is 263 Å². The van der Waals surface area contributed by atoms with Gasteiger partial charge in [-0.3, -0.25) is 14.4 Å². The molecule has 394 valence electrons. The molecule has 0 spiro atoms. The minimum absolute atomic E-state index is 0.0694. The third-order valence-corrected chi connectivity index (χ3v) is 13.4. The molecule has 0 fully saturated rings. The summed E-state index contributed by atoms with van der Waals surface area (Å²) in [6.07, 6.45) is 66.3. The Balaban J connectivity index is 4.15. The zero-order valence-electron chi connectivity index (χ0n) is 45.2. The summed E-state index contributed by atoms with van der Waals surface area (Å²) >= 11 is 0. The van der Waals surface area contributed by atoms with Crippen molar-refractivity contribution >= 4 is 17.9 Å². The Morgan fingerprint density at radius 3 is 0.746 bits per heavy atom. The van der Waals surface area contributed by atoms with Gasteiger partial charge in [-0.25, -0.2) is 0 Å². The minimum Gasteiger partial charge on any atom is -0.462 e. The van der Waals surface area contributed by atoms with Gasteiger partial charge >= 0.3 is 17.9 Å². The van der Waals surface area contributed by atoms with Crippen molar-refractivity contribution in [1.29, 1.82) is 0 Å². The van der Waals surface area contributed by atoms with E-state index >= 15 is 0 Å². The van der Waals surface area contributed by atoms with Crippen LogP contribution in [0.1, 0.15) is 329 Å². The molecule has 0 heterocycles. The summed E-state index contributed by atoms with van der Waals surface area (Å²) in [5.41, 5.74) is 0. The van der Waals surface area contributed by atoms with E-state index in [1.54, 1.807) is 0 Å². The molecule has 0 radical (unpaired) electrons. The highest BCUT2D eigenvalue weighted by molar-refractivity contribution is 5.71. The first-order valence-corrected chi connectivity index (χ1v) is 29.8. The molecule has 1 unspecified atom stereocenters. The normalized spacial score (nSPS) is 12.1. The number of carbonyl (C=O) groups is 3. The van der Waals surface area contributed by atoms with Gasteiger partial charge in [-0.15, -0.1) is 0 Å². The zero-order valence-corrected chi connectivity index (χ0v) is 45.2. The number of rotatable bonds is 55. The van der Waals surface area contributed by atoms with Gasteiger partial charge in [0.15, 0.2) is 6.10 Å². The van der Waals surface area contributed by atoms with E-state index in [0.29, 0.717) is 19.3 Å². The average molecular weight is 944 g/mol. The van der Waals surface area contributed by atoms with Crippen molar-refractivity contribution in [2.75, 3.05) is 13.2 Å². The first-order valence-electron chi connectivity index (χ1n) is 29.8. The van der Waals surface area contributed by atoms with Crippen molar-refractivity contribution in [2.24, 2.45) is 0 Å². The molecular formula is C61H114O6. The van der Waals surface area contributed by atoms with Crippen LogP contribution in [0.2, 0.25) is 0 Å². The molecule has 0 aromatic carbocycles. The summed E-state index contributed by atoms with van der Waals surface area (Å²) < 4.78 is 16.8. The molecule has 0 aliphatic heterocycles. The third kappa shape index (κ3) is 54.7. The standard InChI is InChI=1S/C61H114O6/c1-4-7-10-13-16-18-20-22-24-26-28-30-32-34-36-38-40-42-45-48-51-54-60(63)66-57-58(56-65-59(62)53-50-47-44-15-12-9-6-3)67-61(64)55-52-49-46-43-41-39-37-35-33-31-29-27-25-23-21-19-17-14-11-8-5-2/h26-29,58H,4-25,30-57H2,1-3H3/b28-26-,29-27-. The first kappa shape index (κ1) is 64.9. The number of hydrogen-bond donors (Lipinski definition) is 0. The Bertz CT molecular complexity index is 1080. The van der Waals surface area contributed by atoms with Crippen molar-refractivity contribution in [2.45, 2.75) is 335 Å². The second kappa shape index (κ2) is 56.5. The minimum atomic E-state index is -0.768. The van der Waals surface area contributed by atoms with E-state index in [1.165, 1.54) is 231 Å². The summed E-state index contributed by atoms with van der Waals surface area (Å²) in [4.78, 5) is 38.0. The molecule has 0 aromatic heterocycles. The van der Waals surface area contributed by atoms with E-state index in [-0.39, 0.29) is 31.1 Å². The van der Waals surface area contributed by atoms with Gasteiger partial charge in [-0.05, 0) is 70.6 Å². The SMILES string of the molecule is CCCCCCCCCC/C=C\CCCCCCCCCCCC(=O)OCC(COC(=O)CCCCCCCCC)OC(=O)CCCCCCCCCCC/C=C\CCCCCCCCCC. The van der Waals surface area contributed by atoms with Gasteiger partial charge in [0.1, 0.15) is 13.2 Å². The number of carbonyl (C=O) groups excluding carboxylic acids is 3. The fourth-order valence-electron chi connectivity index (χ4n) is 8.91. The van der Waals surface area contributed by atoms with E-state index < -0.39 is 6.10 Å². The second-order valence-electron chi connectivity index (χ2n) is 20.3. The Kier molecular flexibility index (Phi) is 54.7. The van der Waals surface area contributed by atoms with Gasteiger partial charge in [-0.2, -0.15) is 0 Å². The largest absolute Gasteiger partial charge is 0.462 e. The monoisotopic (exact) mass is 943 g/mol. The van der Waals surface area contributed by atoms with Crippen LogP contribution in [0, 0.1) is 0 Å². The highest BCUT2D eigenvalue weighted by atomic mass is 16.6. The van der Waals surface area contributed by atoms with E-state index in [9.17, 15) is 14.4 Å². The quantitative estimate of drug-likeness (QED) is 0.0262. The molecular weight excluding hydrogens is 829 g/mol. The zero-order chi connectivity index (χ0) is 48.6. The van der Waals surface area contributed by atoms with Gasteiger partial charge in [0.2, 0.25) is 0 Å². The maximum Gasteiger partial charge on any atom is 0.306 e. The molecule has 67 heavy (non-hydrogen) atoms. The van der Waals surface area contributed by atoms with Crippen LogP contribution in [-0.2, 0) is 28.6 Å². The van der Waals surface area contributed by atoms with Crippen LogP contribution in [0.4, 0.5) is 0 Å². The average Bonchev–Trinajstić information content (AvgIpc) is 3.33. The molecule has 0 aliphatic rings. The lowest BCUT2D eigenvalue weighted by Gasteiger charge is -2.18. The fraction of sp³-hybridized carbons (Fsp3) is 0.885. The number of unbranched alkanes of at least 4 members (excludes halogenated alkanes) is 40. The molecule has 6 heteroatoms. The van der Waals surface area contributed by atoms with Crippen molar-refractivity contribution < 1.29 is 28.6 Å². The van der Waals surface area contributed by atoms with Crippen molar-refractivity contribution in [3.63, 3.8) is 0 Å². The van der Waals surface area contributed by atoms with Crippen molar-refractivity contribution in [3.05, 3.63) is 24.3 Å². The van der Waals surface area contributed by atoms with Gasteiger partial charge in [0, 0.05) is 19.3 Å². The third-order valence-electron chi connectivity index (χ3n) is 13.4. The van der Waals surface area contributed by atoms with E-state index in [4.69, 9.17) is 14.2 Å². The predicted molar refractivity (Wildman–Crippen MR) is 289 cm³/mol. The first-order chi connectivity index (χ1) is 33.0. The van der Waals surface area contributed by atoms with Crippen molar-refractivity contribution in [1.82, 2.24) is 0 Å². The summed E-state index contributed by atoms with van der Waals surface area (Å²) in [6, 6.07) is 0. The van der Waals surface area contributed by atoms with Gasteiger partial charge < -0.3 is 14.2 Å². The summed E-state index contributed by atoms with van der Waals surface area (Å²) in [5.74, 6) is -0.862. The van der Waals surface area contributed by atoms with Gasteiger partial charge in [0.25, 0.3) is 0 Å². The lowest BCUT2D eigenvalue weighted by molar-refractivity contribution is -0.167. The van der Waals surface area contributed by atoms with Crippen LogP contribution in [0.25, 0.3) is 0 Å². The van der Waals surface area contributed by atoms with E-state index in [2.05, 4.69) is 45.1 Å². The number of esters is 3. The van der Waals surface area contributed by atoms with Gasteiger partial charge in [0.05, 0.1) is 0 Å². The van der Waals surface area contributed by atoms with Crippen LogP contribution in [-0.4, -0.2) is 37.2 Å². The number of ether oxygens (including phenoxy) is 3. The predicted octanol–water partition coefficient (Wildman–Crippen LogP) is 19.9. The topological polar surface area (TPSA) is 78.9 Å². The fourth-order valence-corrected chi connectivity index (χ4v) is 8.91. The van der Waals surface area contributed by atoms with E-state index in [0.717, 1.165) is 57.8 Å². The van der Waals surface area contributed by atoms with Crippen LogP contribution in [0.5, 0.6) is 0 Å². The molecule has 0 N–H and O–H groups in total. The molecule has 6 nitrogen and oxygen atoms in total. The summed E-state index contributed by atoms with van der Waals surface area (Å²) in [7, 11) is 0. The number of hydrogen-bond acceptors (Lipinski definition) is 6. The molecule has 1 atom stereocenters. The van der Waals surface area contributed by atoms with Crippen LogP contribution in [0.3, 0.4) is 0 Å². The Morgan fingerprint density at radius 1 is 0.284 bits per heavy atom. The molecule has 0 saturated carbocycles. The van der Waals surface area contributed by atoms with Crippen LogP contribution >= 0.6 is 0 Å². The molecule has 0 amide bonds. The Hall–Kier alpha value is -2.11. The van der Waals surface area contributed by atoms with Crippen LogP contribution in [0.15, 0.2) is 24.3 Å². The molecule has 0 rings (SSSR count). The van der Waals surface area contributed by atoms with Crippen LogP contribution < -0.4 is 0 Å².